The summed E-state index contributed by atoms with van der Waals surface area (Å²) < 4.78 is 51.5. The first-order chi connectivity index (χ1) is 24.8. The topological polar surface area (TPSA) is 149 Å². The normalized spacial score (nSPS) is 18.9. The van der Waals surface area contributed by atoms with E-state index in [2.05, 4.69) is 41.1 Å². The first kappa shape index (κ1) is 37.9. The molecule has 14 nitrogen and oxygen atoms in total. The Morgan fingerprint density at radius 1 is 0.942 bits per heavy atom. The van der Waals surface area contributed by atoms with Crippen LogP contribution in [0.15, 0.2) is 48.5 Å². The van der Waals surface area contributed by atoms with E-state index in [1.807, 2.05) is 61.9 Å². The lowest BCUT2D eigenvalue weighted by Crippen LogP contribution is -2.47. The summed E-state index contributed by atoms with van der Waals surface area (Å²) in [6.07, 6.45) is -1.05. The predicted molar refractivity (Wildman–Crippen MR) is 189 cm³/mol. The van der Waals surface area contributed by atoms with Crippen molar-refractivity contribution in [1.82, 2.24) is 35.4 Å². The number of rotatable bonds is 2. The summed E-state index contributed by atoms with van der Waals surface area (Å²) in [5.74, 6) is 0.608. The Labute approximate surface area is 300 Å². The molecular formula is C35H46F3N10O4+. The van der Waals surface area contributed by atoms with Crippen LogP contribution in [-0.2, 0) is 11.3 Å². The largest absolute Gasteiger partial charge is 0.494 e. The molecule has 4 aliphatic rings. The van der Waals surface area contributed by atoms with Crippen LogP contribution < -0.4 is 30.7 Å². The van der Waals surface area contributed by atoms with E-state index in [-0.39, 0.29) is 30.3 Å². The fraction of sp³-hybridized carbons (Fsp3) is 0.486. The third-order valence-corrected chi connectivity index (χ3v) is 8.45. The fourth-order valence-corrected chi connectivity index (χ4v) is 6.13. The summed E-state index contributed by atoms with van der Waals surface area (Å²) >= 11 is 0. The SMILES string of the molecule is CN(C)C(N1C[C@@H]2NC(=O)c3ccc(cc3)Nc3nc(nc(OCC(F)(F)F)n3)NCc3ccc(cc3)OCCCCCCNC(=O)[C@H]2C1)=[N+](C)C. The number of nitrogens with zero attached hydrogens (tertiary/aromatic N) is 6. The lowest BCUT2D eigenvalue weighted by molar-refractivity contribution is -0.475. The maximum atomic E-state index is 13.5. The van der Waals surface area contributed by atoms with Crippen LogP contribution in [-0.4, -0.2) is 120 Å². The van der Waals surface area contributed by atoms with Crippen molar-refractivity contribution in [3.63, 3.8) is 0 Å². The molecule has 1 aromatic heterocycles. The van der Waals surface area contributed by atoms with E-state index in [0.717, 1.165) is 37.2 Å². The molecule has 0 saturated carbocycles. The number of guanidine groups is 1. The Morgan fingerprint density at radius 3 is 2.35 bits per heavy atom. The van der Waals surface area contributed by atoms with Crippen molar-refractivity contribution in [2.75, 3.05) is 71.7 Å². The average Bonchev–Trinajstić information content (AvgIpc) is 3.49. The van der Waals surface area contributed by atoms with Gasteiger partial charge in [-0.3, -0.25) is 24.0 Å². The van der Waals surface area contributed by atoms with Crippen LogP contribution >= 0.6 is 0 Å². The van der Waals surface area contributed by atoms with E-state index < -0.39 is 30.8 Å². The van der Waals surface area contributed by atoms with Crippen LogP contribution in [0.4, 0.5) is 30.8 Å². The maximum absolute atomic E-state index is 13.5. The number of fused-ring (bicyclic) bond motifs is 2. The maximum Gasteiger partial charge on any atom is 0.422 e. The third-order valence-electron chi connectivity index (χ3n) is 8.45. The molecule has 2 atom stereocenters. The van der Waals surface area contributed by atoms with Crippen molar-refractivity contribution in [2.24, 2.45) is 5.92 Å². The molecule has 4 N–H and O–H groups in total. The van der Waals surface area contributed by atoms with Gasteiger partial charge in [-0.05, 0) is 54.8 Å². The molecular weight excluding hydrogens is 681 g/mol. The number of anilines is 3. The van der Waals surface area contributed by atoms with Crippen molar-refractivity contribution in [3.05, 3.63) is 59.7 Å². The molecule has 52 heavy (non-hydrogen) atoms. The van der Waals surface area contributed by atoms with Gasteiger partial charge in [0.1, 0.15) is 5.75 Å². The Balaban J connectivity index is 1.38. The van der Waals surface area contributed by atoms with Gasteiger partial charge in [-0.2, -0.15) is 28.1 Å². The number of hydrogen-bond acceptors (Lipinski definition) is 9. The van der Waals surface area contributed by atoms with Gasteiger partial charge in [0.25, 0.3) is 5.91 Å². The van der Waals surface area contributed by atoms with Crippen molar-refractivity contribution < 1.29 is 36.8 Å². The zero-order chi connectivity index (χ0) is 37.3. The smallest absolute Gasteiger partial charge is 0.422 e. The molecule has 5 heterocycles. The molecule has 0 aliphatic carbocycles. The van der Waals surface area contributed by atoms with Crippen molar-refractivity contribution in [1.29, 1.82) is 0 Å². The van der Waals surface area contributed by atoms with Crippen LogP contribution in [0.2, 0.25) is 0 Å². The van der Waals surface area contributed by atoms with Gasteiger partial charge in [0, 0.05) is 24.3 Å². The number of likely N-dealkylation sites (tertiary alicyclic amines) is 1. The number of benzene rings is 2. The molecule has 280 valence electrons. The summed E-state index contributed by atoms with van der Waals surface area (Å²) in [4.78, 5) is 43.4. The Morgan fingerprint density at radius 2 is 1.65 bits per heavy atom. The minimum Gasteiger partial charge on any atom is -0.494 e. The summed E-state index contributed by atoms with van der Waals surface area (Å²) in [7, 11) is 7.75. The second kappa shape index (κ2) is 17.2. The number of ether oxygens (including phenoxy) is 2. The molecule has 0 radical (unpaired) electrons. The minimum atomic E-state index is -4.59. The van der Waals surface area contributed by atoms with Crippen molar-refractivity contribution in [2.45, 2.75) is 44.4 Å². The van der Waals surface area contributed by atoms with Crippen LogP contribution in [0.25, 0.3) is 0 Å². The van der Waals surface area contributed by atoms with E-state index in [1.165, 1.54) is 0 Å². The number of amides is 2. The molecule has 17 heteroatoms. The van der Waals surface area contributed by atoms with Crippen LogP contribution in [0.3, 0.4) is 0 Å². The highest BCUT2D eigenvalue weighted by Crippen LogP contribution is 2.23. The van der Waals surface area contributed by atoms with Gasteiger partial charge in [-0.1, -0.05) is 25.0 Å². The Kier molecular flexibility index (Phi) is 12.6. The number of alkyl halides is 3. The second-order valence-corrected chi connectivity index (χ2v) is 13.1. The van der Waals surface area contributed by atoms with E-state index in [0.29, 0.717) is 43.2 Å². The van der Waals surface area contributed by atoms with E-state index in [9.17, 15) is 22.8 Å². The molecule has 4 aliphatic heterocycles. The highest BCUT2D eigenvalue weighted by atomic mass is 19.4. The van der Waals surface area contributed by atoms with Gasteiger partial charge >= 0.3 is 18.1 Å². The minimum absolute atomic E-state index is 0.00325. The predicted octanol–water partition coefficient (Wildman–Crippen LogP) is 3.46. The average molecular weight is 728 g/mol. The van der Waals surface area contributed by atoms with Gasteiger partial charge in [-0.25, -0.2) is 0 Å². The fourth-order valence-electron chi connectivity index (χ4n) is 6.13. The lowest BCUT2D eigenvalue weighted by atomic mass is 10.0. The van der Waals surface area contributed by atoms with Crippen LogP contribution in [0, 0.1) is 5.92 Å². The van der Waals surface area contributed by atoms with Gasteiger partial charge in [0.2, 0.25) is 17.8 Å². The molecule has 6 bridgehead atoms. The Bertz CT molecular complexity index is 1700. The molecule has 7 rings (SSSR count). The monoisotopic (exact) mass is 727 g/mol. The van der Waals surface area contributed by atoms with E-state index >= 15 is 0 Å². The van der Waals surface area contributed by atoms with Gasteiger partial charge in [0.05, 0.1) is 59.8 Å². The summed E-state index contributed by atoms with van der Waals surface area (Å²) in [6.45, 7) is 0.644. The zero-order valence-corrected chi connectivity index (χ0v) is 29.8. The number of carbonyl (C=O) groups excluding carboxylic acids is 2. The molecule has 1 fully saturated rings. The number of nitrogens with one attached hydrogen (secondary N) is 4. The van der Waals surface area contributed by atoms with E-state index in [4.69, 9.17) is 9.47 Å². The molecule has 0 unspecified atom stereocenters. The van der Waals surface area contributed by atoms with Gasteiger partial charge < -0.3 is 30.7 Å². The molecule has 0 spiro atoms. The standard InChI is InChI=1S/C35H45F3N10O4/c1-46(2)34(47(3)4)48-20-27-28(21-48)42-29(49)24-11-13-25(14-12-24)41-32-43-31(44-33(45-32)52-22-35(36,37)38)40-19-23-9-15-26(16-10-23)51-18-8-6-5-7-17-39-30(27)50/h9-16,27-28H,5-8,17-22H2,1-4H3,(H3-,39,40,41,42,43,44,45,49,50)/p+1/t27-,28-/m0/s1. The highest BCUT2D eigenvalue weighted by Gasteiger charge is 2.44. The summed E-state index contributed by atoms with van der Waals surface area (Å²) in [6, 6.07) is 12.9. The van der Waals surface area contributed by atoms with Gasteiger partial charge in [0.15, 0.2) is 6.61 Å². The third kappa shape index (κ3) is 10.8. The van der Waals surface area contributed by atoms with Crippen molar-refractivity contribution in [3.8, 4) is 11.8 Å². The lowest BCUT2D eigenvalue weighted by Gasteiger charge is -2.21. The van der Waals surface area contributed by atoms with Gasteiger partial charge in [-0.15, -0.1) is 0 Å². The Hall–Kier alpha value is -5.35. The first-order valence-electron chi connectivity index (χ1n) is 17.2. The summed E-state index contributed by atoms with van der Waals surface area (Å²) in [5.41, 5.74) is 1.68. The number of carbonyl (C=O) groups is 2. The second-order valence-electron chi connectivity index (χ2n) is 13.1. The number of halogens is 3. The molecule has 2 amide bonds. The first-order valence-corrected chi connectivity index (χ1v) is 17.2. The molecule has 2 aromatic carbocycles. The van der Waals surface area contributed by atoms with E-state index in [1.54, 1.807) is 24.3 Å². The number of hydrogen-bond donors (Lipinski definition) is 4. The highest BCUT2D eigenvalue weighted by molar-refractivity contribution is 5.95. The number of aromatic nitrogens is 3. The molecule has 1 saturated heterocycles. The van der Waals surface area contributed by atoms with Crippen LogP contribution in [0.5, 0.6) is 11.8 Å². The van der Waals surface area contributed by atoms with Crippen LogP contribution in [0.1, 0.15) is 41.6 Å². The zero-order valence-electron chi connectivity index (χ0n) is 29.8. The van der Waals surface area contributed by atoms with Crippen molar-refractivity contribution >= 4 is 35.4 Å². The summed E-state index contributed by atoms with van der Waals surface area (Å²) in [5, 5.41) is 12.1. The quantitative estimate of drug-likeness (QED) is 0.175. The molecule has 3 aromatic rings.